The number of carbonyl (C=O) groups is 1. The van der Waals surface area contributed by atoms with Gasteiger partial charge in [0.1, 0.15) is 18.4 Å². The van der Waals surface area contributed by atoms with Gasteiger partial charge in [0, 0.05) is 47.9 Å². The number of pyridine rings is 1. The van der Waals surface area contributed by atoms with Crippen LogP contribution in [0.3, 0.4) is 0 Å². The third kappa shape index (κ3) is 4.46. The number of nitrogens with one attached hydrogen (secondary N) is 1. The number of hydrogen-bond donors (Lipinski definition) is 2. The van der Waals surface area contributed by atoms with E-state index in [9.17, 15) is 9.90 Å². The lowest BCUT2D eigenvalue weighted by Crippen LogP contribution is -2.49. The summed E-state index contributed by atoms with van der Waals surface area (Å²) in [5.41, 5.74) is 3.34. The van der Waals surface area contributed by atoms with E-state index in [0.717, 1.165) is 40.7 Å². The van der Waals surface area contributed by atoms with E-state index in [2.05, 4.69) is 31.2 Å². The smallest absolute Gasteiger partial charge is 0.323 e. The first kappa shape index (κ1) is 21.5. The highest BCUT2D eigenvalue weighted by atomic mass is 16.5. The molecule has 2 aromatic heterocycles. The number of benzene rings is 1. The van der Waals surface area contributed by atoms with Gasteiger partial charge >= 0.3 is 5.97 Å². The number of aliphatic hydroxyl groups excluding tert-OH is 1. The molecule has 33 heavy (non-hydrogen) atoms. The molecule has 0 spiro atoms. The quantitative estimate of drug-likeness (QED) is 0.570. The molecule has 0 amide bonds. The molecule has 1 aromatic carbocycles. The van der Waals surface area contributed by atoms with Crippen LogP contribution in [0.25, 0.3) is 22.0 Å². The van der Waals surface area contributed by atoms with Gasteiger partial charge < -0.3 is 19.9 Å². The highest BCUT2D eigenvalue weighted by Crippen LogP contribution is 2.37. The fourth-order valence-electron chi connectivity index (χ4n) is 4.44. The topological polar surface area (TPSA) is 110 Å². The van der Waals surface area contributed by atoms with Gasteiger partial charge in [-0.3, -0.25) is 14.7 Å². The summed E-state index contributed by atoms with van der Waals surface area (Å²) in [4.78, 5) is 27.8. The number of nitrogens with zero attached hydrogens (tertiary/aromatic N) is 4. The third-order valence-electron chi connectivity index (χ3n) is 6.27. The van der Waals surface area contributed by atoms with Gasteiger partial charge in [0.15, 0.2) is 5.82 Å². The zero-order chi connectivity index (χ0) is 22.8. The number of piperidine rings is 1. The fourth-order valence-corrected chi connectivity index (χ4v) is 4.44. The highest BCUT2D eigenvalue weighted by molar-refractivity contribution is 5.94. The Bertz CT molecular complexity index is 1150. The van der Waals surface area contributed by atoms with E-state index in [-0.39, 0.29) is 24.7 Å². The number of esters is 1. The van der Waals surface area contributed by atoms with Gasteiger partial charge in [0.2, 0.25) is 0 Å². The van der Waals surface area contributed by atoms with E-state index in [1.165, 1.54) is 0 Å². The lowest BCUT2D eigenvalue weighted by molar-refractivity contribution is -0.151. The minimum Gasteiger partial charge on any atom is -0.492 e. The standard InChI is InChI=1S/C24H27N5O4/c1-29-6-5-16-10-21(29)24(31)33-8-2-7-32-23-18(15-11-26-22(14-30)27-12-15)3-4-20-19(23)9-17(28-16)13-25-20/h3-4,9,11-13,16,21,28,30H,2,5-8,10,14H2,1H3/t16-,21-/m0/s1. The normalized spacial score (nSPS) is 21.7. The molecule has 1 fully saturated rings. The van der Waals surface area contributed by atoms with Crippen molar-refractivity contribution in [1.29, 1.82) is 0 Å². The van der Waals surface area contributed by atoms with Crippen LogP contribution in [-0.4, -0.2) is 69.8 Å². The van der Waals surface area contributed by atoms with Gasteiger partial charge in [-0.25, -0.2) is 9.97 Å². The molecular formula is C24H27N5O4. The van der Waals surface area contributed by atoms with Crippen molar-refractivity contribution in [3.05, 3.63) is 42.6 Å². The molecule has 2 N–H and O–H groups in total. The van der Waals surface area contributed by atoms with Crippen molar-refractivity contribution in [3.63, 3.8) is 0 Å². The number of carbonyl (C=O) groups excluding carboxylic acids is 1. The first-order valence-electron chi connectivity index (χ1n) is 11.2. The van der Waals surface area contributed by atoms with E-state index < -0.39 is 0 Å². The molecule has 9 nitrogen and oxygen atoms in total. The Morgan fingerprint density at radius 3 is 2.79 bits per heavy atom. The van der Waals surface area contributed by atoms with Crippen LogP contribution >= 0.6 is 0 Å². The maximum absolute atomic E-state index is 12.7. The summed E-state index contributed by atoms with van der Waals surface area (Å²) < 4.78 is 11.8. The number of aromatic nitrogens is 3. The Balaban J connectivity index is 1.56. The van der Waals surface area contributed by atoms with E-state index in [4.69, 9.17) is 9.47 Å². The Kier molecular flexibility index (Phi) is 6.06. The fraction of sp³-hybridized carbons (Fsp3) is 0.417. The number of rotatable bonds is 2. The Labute approximate surface area is 191 Å². The van der Waals surface area contributed by atoms with E-state index in [0.29, 0.717) is 37.6 Å². The molecule has 0 aliphatic carbocycles. The zero-order valence-corrected chi connectivity index (χ0v) is 18.5. The predicted molar refractivity (Wildman–Crippen MR) is 123 cm³/mol. The molecule has 2 aliphatic heterocycles. The largest absolute Gasteiger partial charge is 0.492 e. The van der Waals surface area contributed by atoms with Gasteiger partial charge in [0.05, 0.1) is 30.6 Å². The summed E-state index contributed by atoms with van der Waals surface area (Å²) >= 11 is 0. The van der Waals surface area contributed by atoms with Crippen molar-refractivity contribution in [2.75, 3.05) is 32.1 Å². The summed E-state index contributed by atoms with van der Waals surface area (Å²) in [6, 6.07) is 5.85. The maximum Gasteiger partial charge on any atom is 0.323 e. The summed E-state index contributed by atoms with van der Waals surface area (Å²) in [5.74, 6) is 0.869. The Morgan fingerprint density at radius 2 is 1.97 bits per heavy atom. The molecule has 9 heteroatoms. The molecule has 4 heterocycles. The van der Waals surface area contributed by atoms with Crippen LogP contribution in [0, 0.1) is 0 Å². The Morgan fingerprint density at radius 1 is 1.15 bits per heavy atom. The van der Waals surface area contributed by atoms with Crippen LogP contribution in [0.5, 0.6) is 5.75 Å². The van der Waals surface area contributed by atoms with E-state index in [1.54, 1.807) is 12.4 Å². The first-order valence-corrected chi connectivity index (χ1v) is 11.2. The molecule has 0 radical (unpaired) electrons. The van der Waals surface area contributed by atoms with Crippen LogP contribution < -0.4 is 10.1 Å². The number of likely N-dealkylation sites (N-methyl/N-ethyl adjacent to an activating group) is 1. The summed E-state index contributed by atoms with van der Waals surface area (Å²) in [5, 5.41) is 13.7. The number of hydrogen-bond acceptors (Lipinski definition) is 9. The lowest BCUT2D eigenvalue weighted by Gasteiger charge is -2.36. The van der Waals surface area contributed by atoms with Crippen molar-refractivity contribution in [1.82, 2.24) is 19.9 Å². The SMILES string of the molecule is CN1CC[C@H]2C[C@H]1C(=O)OCCCOc1c(-c3cnc(CO)nc3)ccc3ncc(cc13)N2. The summed E-state index contributed by atoms with van der Waals surface area (Å²) in [7, 11) is 1.97. The van der Waals surface area contributed by atoms with Crippen molar-refractivity contribution >= 4 is 22.6 Å². The average Bonchev–Trinajstić information content (AvgIpc) is 2.84. The first-order chi connectivity index (χ1) is 16.1. The van der Waals surface area contributed by atoms with E-state index >= 15 is 0 Å². The lowest BCUT2D eigenvalue weighted by atomic mass is 9.97. The van der Waals surface area contributed by atoms with Crippen LogP contribution in [0.15, 0.2) is 36.8 Å². The van der Waals surface area contributed by atoms with E-state index in [1.807, 2.05) is 25.4 Å². The minimum atomic E-state index is -0.252. The van der Waals surface area contributed by atoms with Gasteiger partial charge in [0.25, 0.3) is 0 Å². The molecule has 2 aliphatic rings. The van der Waals surface area contributed by atoms with Gasteiger partial charge in [-0.2, -0.15) is 0 Å². The summed E-state index contributed by atoms with van der Waals surface area (Å²) in [6.07, 6.45) is 7.37. The maximum atomic E-state index is 12.7. The van der Waals surface area contributed by atoms with Gasteiger partial charge in [-0.1, -0.05) is 0 Å². The Hall–Kier alpha value is -3.30. The number of ether oxygens (including phenoxy) is 2. The van der Waals surface area contributed by atoms with Crippen LogP contribution in [-0.2, 0) is 16.1 Å². The second-order valence-electron chi connectivity index (χ2n) is 8.51. The third-order valence-corrected chi connectivity index (χ3v) is 6.27. The number of likely N-dealkylation sites (tertiary alicyclic amines) is 1. The van der Waals surface area contributed by atoms with Crippen LogP contribution in [0.2, 0.25) is 0 Å². The monoisotopic (exact) mass is 449 g/mol. The molecule has 172 valence electrons. The van der Waals surface area contributed by atoms with Crippen LogP contribution in [0.4, 0.5) is 5.69 Å². The molecule has 5 rings (SSSR count). The molecular weight excluding hydrogens is 422 g/mol. The molecule has 4 bridgehead atoms. The van der Waals surface area contributed by atoms with Crippen molar-refractivity contribution in [3.8, 4) is 16.9 Å². The molecule has 1 saturated heterocycles. The van der Waals surface area contributed by atoms with Crippen LogP contribution in [0.1, 0.15) is 25.1 Å². The number of anilines is 1. The van der Waals surface area contributed by atoms with Gasteiger partial charge in [-0.15, -0.1) is 0 Å². The average molecular weight is 450 g/mol. The molecule has 0 saturated carbocycles. The molecule has 2 atom stereocenters. The zero-order valence-electron chi connectivity index (χ0n) is 18.5. The van der Waals surface area contributed by atoms with Gasteiger partial charge in [-0.05, 0) is 38.1 Å². The van der Waals surface area contributed by atoms with Crippen molar-refractivity contribution < 1.29 is 19.4 Å². The molecule has 0 unspecified atom stereocenters. The predicted octanol–water partition coefficient (Wildman–Crippen LogP) is 2.38. The number of fused-ring (bicyclic) bond motifs is 3. The number of aliphatic hydroxyl groups is 1. The second-order valence-corrected chi connectivity index (χ2v) is 8.51. The second kappa shape index (κ2) is 9.29. The minimum absolute atomic E-state index is 0.146. The van der Waals surface area contributed by atoms with Crippen molar-refractivity contribution in [2.45, 2.75) is 38.0 Å². The van der Waals surface area contributed by atoms with Crippen molar-refractivity contribution in [2.24, 2.45) is 0 Å². The summed E-state index contributed by atoms with van der Waals surface area (Å²) in [6.45, 7) is 1.30. The number of cyclic esters (lactones) is 1. The highest BCUT2D eigenvalue weighted by Gasteiger charge is 2.32. The molecule has 3 aromatic rings.